The fraction of sp³-hybridized carbons (Fsp3) is 0.133. The number of amides is 2. The van der Waals surface area contributed by atoms with Gasteiger partial charge in [-0.2, -0.15) is 0 Å². The van der Waals surface area contributed by atoms with Crippen LogP contribution in [0.4, 0.5) is 10.5 Å². The first-order valence-corrected chi connectivity index (χ1v) is 13.9. The molecule has 0 saturated heterocycles. The number of carboxylic acid groups (broad SMARTS) is 1. The van der Waals surface area contributed by atoms with Gasteiger partial charge in [0.05, 0.1) is 19.6 Å². The van der Waals surface area contributed by atoms with Crippen LogP contribution in [0.1, 0.15) is 23.6 Å². The van der Waals surface area contributed by atoms with Crippen molar-refractivity contribution in [1.29, 1.82) is 0 Å². The van der Waals surface area contributed by atoms with Crippen LogP contribution in [0.15, 0.2) is 108 Å². The van der Waals surface area contributed by atoms with Gasteiger partial charge in [0, 0.05) is 12.2 Å². The molecule has 0 saturated carbocycles. The number of aliphatic carboxylic acids is 1. The van der Waals surface area contributed by atoms with Gasteiger partial charge in [-0.1, -0.05) is 78.9 Å². The lowest BCUT2D eigenvalue weighted by atomic mass is 10.0. The molecule has 0 bridgehead atoms. The maximum Gasteiger partial charge on any atom is 0.319 e. The van der Waals surface area contributed by atoms with Crippen LogP contribution >= 0.6 is 0 Å². The number of ether oxygens (including phenoxy) is 1. The first kappa shape index (κ1) is 28.3. The monoisotopic (exact) mass is 559 g/mol. The van der Waals surface area contributed by atoms with E-state index in [1.54, 1.807) is 60.7 Å². The minimum atomic E-state index is -4.21. The van der Waals surface area contributed by atoms with Crippen LogP contribution in [0.2, 0.25) is 0 Å². The molecule has 4 aromatic carbocycles. The minimum Gasteiger partial charge on any atom is -0.495 e. The van der Waals surface area contributed by atoms with Crippen molar-refractivity contribution in [3.8, 4) is 16.9 Å². The van der Waals surface area contributed by atoms with Gasteiger partial charge in [-0.3, -0.25) is 4.79 Å². The van der Waals surface area contributed by atoms with Gasteiger partial charge in [0.1, 0.15) is 10.6 Å². The number of nitrogens with one attached hydrogen (secondary N) is 3. The van der Waals surface area contributed by atoms with Crippen LogP contribution in [0.3, 0.4) is 0 Å². The van der Waals surface area contributed by atoms with Crippen LogP contribution in [0, 0.1) is 0 Å². The van der Waals surface area contributed by atoms with Crippen LogP contribution < -0.4 is 20.1 Å². The third-order valence-electron chi connectivity index (χ3n) is 6.08. The van der Waals surface area contributed by atoms with E-state index in [-0.39, 0.29) is 16.7 Å². The molecule has 206 valence electrons. The lowest BCUT2D eigenvalue weighted by Gasteiger charge is -2.19. The number of rotatable bonds is 11. The molecule has 1 unspecified atom stereocenters. The second kappa shape index (κ2) is 12.9. The molecular formula is C30H29N3O6S. The summed E-state index contributed by atoms with van der Waals surface area (Å²) in [6, 6.07) is 28.3. The summed E-state index contributed by atoms with van der Waals surface area (Å²) in [4.78, 5) is 23.8. The van der Waals surface area contributed by atoms with Gasteiger partial charge in [0.25, 0.3) is 0 Å². The normalized spacial score (nSPS) is 11.8. The number of carbonyl (C=O) groups is 2. The number of anilines is 1. The molecule has 4 N–H and O–H groups in total. The Morgan fingerprint density at radius 1 is 0.850 bits per heavy atom. The third kappa shape index (κ3) is 7.46. The lowest BCUT2D eigenvalue weighted by Crippen LogP contribution is -2.30. The highest BCUT2D eigenvalue weighted by Crippen LogP contribution is 2.32. The number of urea groups is 1. The summed E-state index contributed by atoms with van der Waals surface area (Å²) in [5.41, 5.74) is 3.22. The number of hydrogen-bond acceptors (Lipinski definition) is 5. The van der Waals surface area contributed by atoms with Crippen molar-refractivity contribution in [3.63, 3.8) is 0 Å². The standard InChI is InChI=1S/C30H29N3O6S/c1-39-27-16-15-24(18-28(27)40(37,38)33-26(19-29(34)35)22-11-6-3-7-12-22)23-13-8-14-25(17-23)32-30(36)31-20-21-9-4-2-5-10-21/h2-18,26,33H,19-20H2,1H3,(H,34,35)(H2,31,32,36). The summed E-state index contributed by atoms with van der Waals surface area (Å²) in [5.74, 6) is -1.04. The van der Waals surface area contributed by atoms with Gasteiger partial charge >= 0.3 is 12.0 Å². The van der Waals surface area contributed by atoms with Gasteiger partial charge in [0.15, 0.2) is 0 Å². The number of hydrogen-bond donors (Lipinski definition) is 4. The van der Waals surface area contributed by atoms with E-state index in [1.807, 2.05) is 30.3 Å². The molecule has 40 heavy (non-hydrogen) atoms. The fourth-order valence-corrected chi connectivity index (χ4v) is 5.55. The van der Waals surface area contributed by atoms with Gasteiger partial charge in [-0.15, -0.1) is 0 Å². The third-order valence-corrected chi connectivity index (χ3v) is 7.57. The van der Waals surface area contributed by atoms with Crippen molar-refractivity contribution in [2.24, 2.45) is 0 Å². The molecule has 0 heterocycles. The van der Waals surface area contributed by atoms with Gasteiger partial charge in [-0.25, -0.2) is 17.9 Å². The number of methoxy groups -OCH3 is 1. The Bertz CT molecular complexity index is 1580. The van der Waals surface area contributed by atoms with E-state index in [9.17, 15) is 23.1 Å². The summed E-state index contributed by atoms with van der Waals surface area (Å²) >= 11 is 0. The molecule has 1 atom stereocenters. The minimum absolute atomic E-state index is 0.105. The summed E-state index contributed by atoms with van der Waals surface area (Å²) in [6.07, 6.45) is -0.439. The van der Waals surface area contributed by atoms with Crippen molar-refractivity contribution in [1.82, 2.24) is 10.0 Å². The van der Waals surface area contributed by atoms with Gasteiger partial charge < -0.3 is 20.5 Å². The molecule has 0 aliphatic carbocycles. The molecule has 0 radical (unpaired) electrons. The second-order valence-corrected chi connectivity index (χ2v) is 10.6. The first-order chi connectivity index (χ1) is 19.2. The maximum atomic E-state index is 13.5. The average Bonchev–Trinajstić information content (AvgIpc) is 2.96. The Labute approximate surface area is 232 Å². The molecule has 0 aromatic heterocycles. The molecular weight excluding hydrogens is 530 g/mol. The van der Waals surface area contributed by atoms with Crippen LogP contribution in [0.5, 0.6) is 5.75 Å². The molecule has 0 spiro atoms. The molecule has 2 amide bonds. The smallest absolute Gasteiger partial charge is 0.319 e. The Morgan fingerprint density at radius 3 is 2.20 bits per heavy atom. The van der Waals surface area contributed by atoms with E-state index in [0.717, 1.165) is 5.56 Å². The van der Waals surface area contributed by atoms with Crippen LogP contribution in [0.25, 0.3) is 11.1 Å². The zero-order valence-corrected chi connectivity index (χ0v) is 22.5. The number of carbonyl (C=O) groups excluding carboxylic acids is 1. The van der Waals surface area contributed by atoms with E-state index < -0.39 is 28.5 Å². The Balaban J connectivity index is 1.57. The summed E-state index contributed by atoms with van der Waals surface area (Å²) in [5, 5.41) is 15.0. The number of sulfonamides is 1. The molecule has 0 aliphatic rings. The highest BCUT2D eigenvalue weighted by Gasteiger charge is 2.27. The molecule has 0 fully saturated rings. The van der Waals surface area contributed by atoms with Crippen LogP contribution in [-0.4, -0.2) is 32.6 Å². The quantitative estimate of drug-likeness (QED) is 0.200. The van der Waals surface area contributed by atoms with E-state index in [4.69, 9.17) is 4.74 Å². The summed E-state index contributed by atoms with van der Waals surface area (Å²) in [6.45, 7) is 0.366. The zero-order chi connectivity index (χ0) is 28.5. The van der Waals surface area contributed by atoms with Crippen molar-refractivity contribution in [3.05, 3.63) is 114 Å². The Morgan fingerprint density at radius 2 is 1.52 bits per heavy atom. The summed E-state index contributed by atoms with van der Waals surface area (Å²) < 4.78 is 34.9. The fourth-order valence-electron chi connectivity index (χ4n) is 4.13. The predicted octanol–water partition coefficient (Wildman–Crippen LogP) is 5.18. The van der Waals surface area contributed by atoms with E-state index in [2.05, 4.69) is 15.4 Å². The van der Waals surface area contributed by atoms with E-state index >= 15 is 0 Å². The molecule has 10 heteroatoms. The second-order valence-electron chi connectivity index (χ2n) is 8.92. The maximum absolute atomic E-state index is 13.5. The highest BCUT2D eigenvalue weighted by molar-refractivity contribution is 7.89. The van der Waals surface area contributed by atoms with Crippen molar-refractivity contribution in [2.75, 3.05) is 12.4 Å². The molecule has 9 nitrogen and oxygen atoms in total. The first-order valence-electron chi connectivity index (χ1n) is 12.4. The molecule has 4 aromatic rings. The average molecular weight is 560 g/mol. The number of benzene rings is 4. The Kier molecular flexibility index (Phi) is 9.15. The Hall–Kier alpha value is -4.67. The number of carboxylic acids is 1. The van der Waals surface area contributed by atoms with Crippen molar-refractivity contribution >= 4 is 27.7 Å². The highest BCUT2D eigenvalue weighted by atomic mass is 32.2. The van der Waals surface area contributed by atoms with Gasteiger partial charge in [-0.05, 0) is 46.5 Å². The lowest BCUT2D eigenvalue weighted by molar-refractivity contribution is -0.137. The molecule has 4 rings (SSSR count). The largest absolute Gasteiger partial charge is 0.495 e. The van der Waals surface area contributed by atoms with E-state index in [0.29, 0.717) is 28.9 Å². The summed E-state index contributed by atoms with van der Waals surface area (Å²) in [7, 11) is -2.85. The van der Waals surface area contributed by atoms with Gasteiger partial charge in [0.2, 0.25) is 10.0 Å². The van der Waals surface area contributed by atoms with Crippen molar-refractivity contribution < 1.29 is 27.9 Å². The van der Waals surface area contributed by atoms with Crippen LogP contribution in [-0.2, 0) is 21.4 Å². The molecule has 0 aliphatic heterocycles. The van der Waals surface area contributed by atoms with E-state index in [1.165, 1.54) is 19.2 Å². The zero-order valence-electron chi connectivity index (χ0n) is 21.7. The predicted molar refractivity (Wildman–Crippen MR) is 152 cm³/mol. The topological polar surface area (TPSA) is 134 Å². The SMILES string of the molecule is COc1ccc(-c2cccc(NC(=O)NCc3ccccc3)c2)cc1S(=O)(=O)NC(CC(=O)O)c1ccccc1. The van der Waals surface area contributed by atoms with Crippen molar-refractivity contribution in [2.45, 2.75) is 23.9 Å².